The smallest absolute Gasteiger partial charge is 0.156 e. The van der Waals surface area contributed by atoms with Crippen LogP contribution in [0.25, 0.3) is 0 Å². The van der Waals surface area contributed by atoms with Gasteiger partial charge >= 0.3 is 0 Å². The molecule has 1 atom stereocenters. The topological polar surface area (TPSA) is 49.4 Å². The Labute approximate surface area is 112 Å². The molecule has 0 aromatic rings. The van der Waals surface area contributed by atoms with Gasteiger partial charge in [0, 0.05) is 31.2 Å². The minimum Gasteiger partial charge on any atom is -0.309 e. The average molecular weight is 276 g/mol. The summed E-state index contributed by atoms with van der Waals surface area (Å²) in [6.07, 6.45) is 0. The molecule has 0 aromatic carbocycles. The van der Waals surface area contributed by atoms with Crippen molar-refractivity contribution < 1.29 is 8.42 Å². The van der Waals surface area contributed by atoms with E-state index in [9.17, 15) is 8.42 Å². The lowest BCUT2D eigenvalue weighted by atomic mass is 9.99. The Morgan fingerprint density at radius 3 is 2.39 bits per heavy atom. The number of hydrogen-bond donors (Lipinski definition) is 1. The lowest BCUT2D eigenvalue weighted by molar-refractivity contribution is 0.111. The fourth-order valence-electron chi connectivity index (χ4n) is 2.12. The molecule has 0 aliphatic carbocycles. The van der Waals surface area contributed by atoms with Gasteiger partial charge in [0.15, 0.2) is 9.84 Å². The SMILES string of the molecule is CC1CNC(C)(C)CN1CCS(=O)(=O)C(C)(C)C. The van der Waals surface area contributed by atoms with Crippen LogP contribution >= 0.6 is 0 Å². The summed E-state index contributed by atoms with van der Waals surface area (Å²) < 4.78 is 23.6. The lowest BCUT2D eigenvalue weighted by Crippen LogP contribution is -2.61. The third-order valence-electron chi connectivity index (χ3n) is 3.68. The first-order chi connectivity index (χ1) is 7.95. The first kappa shape index (κ1) is 15.9. The zero-order valence-electron chi connectivity index (χ0n) is 12.6. The Balaban J connectivity index is 2.63. The molecule has 0 radical (unpaired) electrons. The van der Waals surface area contributed by atoms with Crippen molar-refractivity contribution in [1.82, 2.24) is 10.2 Å². The van der Waals surface area contributed by atoms with Crippen molar-refractivity contribution in [1.29, 1.82) is 0 Å². The summed E-state index contributed by atoms with van der Waals surface area (Å²) in [4.78, 5) is 2.28. The Hall–Kier alpha value is -0.130. The largest absolute Gasteiger partial charge is 0.309 e. The van der Waals surface area contributed by atoms with Gasteiger partial charge in [0.1, 0.15) is 0 Å². The van der Waals surface area contributed by atoms with Crippen molar-refractivity contribution in [3.63, 3.8) is 0 Å². The van der Waals surface area contributed by atoms with Crippen molar-refractivity contribution in [3.8, 4) is 0 Å². The van der Waals surface area contributed by atoms with E-state index >= 15 is 0 Å². The zero-order chi connectivity index (χ0) is 14.2. The summed E-state index contributed by atoms with van der Waals surface area (Å²) in [5.74, 6) is 0.247. The fourth-order valence-corrected chi connectivity index (χ4v) is 3.20. The van der Waals surface area contributed by atoms with Gasteiger partial charge in [-0.2, -0.15) is 0 Å². The van der Waals surface area contributed by atoms with Crippen LogP contribution in [0, 0.1) is 0 Å². The summed E-state index contributed by atoms with van der Waals surface area (Å²) in [6, 6.07) is 0.396. The molecule has 1 rings (SSSR count). The predicted octanol–water partition coefficient (Wildman–Crippen LogP) is 1.27. The highest BCUT2D eigenvalue weighted by Gasteiger charge is 2.33. The second kappa shape index (κ2) is 5.10. The molecular formula is C13H28N2O2S. The van der Waals surface area contributed by atoms with Gasteiger partial charge in [0.25, 0.3) is 0 Å². The summed E-state index contributed by atoms with van der Waals surface area (Å²) in [5.41, 5.74) is 0.0675. The molecule has 1 aliphatic heterocycles. The quantitative estimate of drug-likeness (QED) is 0.843. The van der Waals surface area contributed by atoms with E-state index in [0.717, 1.165) is 13.1 Å². The molecule has 5 heteroatoms. The maximum atomic E-state index is 12.1. The Morgan fingerprint density at radius 1 is 1.33 bits per heavy atom. The normalized spacial score (nSPS) is 26.2. The molecule has 1 heterocycles. The third-order valence-corrected chi connectivity index (χ3v) is 6.26. The van der Waals surface area contributed by atoms with Crippen molar-refractivity contribution >= 4 is 9.84 Å². The first-order valence-corrected chi connectivity index (χ1v) is 8.31. The fraction of sp³-hybridized carbons (Fsp3) is 1.00. The van der Waals surface area contributed by atoms with E-state index in [4.69, 9.17) is 0 Å². The van der Waals surface area contributed by atoms with Crippen molar-refractivity contribution in [2.75, 3.05) is 25.4 Å². The number of hydrogen-bond acceptors (Lipinski definition) is 4. The molecule has 1 aliphatic rings. The highest BCUT2D eigenvalue weighted by Crippen LogP contribution is 2.19. The second-order valence-electron chi connectivity index (χ2n) is 7.02. The predicted molar refractivity (Wildman–Crippen MR) is 76.7 cm³/mol. The van der Waals surface area contributed by atoms with Crippen molar-refractivity contribution in [2.45, 2.75) is 57.9 Å². The maximum Gasteiger partial charge on any atom is 0.156 e. The number of nitrogens with zero attached hydrogens (tertiary/aromatic N) is 1. The first-order valence-electron chi connectivity index (χ1n) is 6.66. The molecule has 108 valence electrons. The van der Waals surface area contributed by atoms with E-state index in [1.54, 1.807) is 20.8 Å². The molecule has 0 spiro atoms. The van der Waals surface area contributed by atoms with Crippen LogP contribution in [0.2, 0.25) is 0 Å². The Kier molecular flexibility index (Phi) is 4.51. The summed E-state index contributed by atoms with van der Waals surface area (Å²) in [6.45, 7) is 14.2. The van der Waals surface area contributed by atoms with Crippen LogP contribution in [0.1, 0.15) is 41.5 Å². The molecule has 1 saturated heterocycles. The van der Waals surface area contributed by atoms with Gasteiger partial charge in [-0.3, -0.25) is 4.90 Å². The number of rotatable bonds is 3. The molecule has 4 nitrogen and oxygen atoms in total. The minimum absolute atomic E-state index is 0.0675. The molecule has 1 unspecified atom stereocenters. The maximum absolute atomic E-state index is 12.1. The van der Waals surface area contributed by atoms with Gasteiger partial charge in [0.2, 0.25) is 0 Å². The molecule has 0 saturated carbocycles. The van der Waals surface area contributed by atoms with Crippen LogP contribution in [-0.4, -0.2) is 55.0 Å². The molecular weight excluding hydrogens is 248 g/mol. The molecule has 18 heavy (non-hydrogen) atoms. The summed E-state index contributed by atoms with van der Waals surface area (Å²) >= 11 is 0. The lowest BCUT2D eigenvalue weighted by Gasteiger charge is -2.43. The Bertz CT molecular complexity index is 382. The van der Waals surface area contributed by atoms with Gasteiger partial charge in [-0.05, 0) is 41.5 Å². The van der Waals surface area contributed by atoms with E-state index < -0.39 is 14.6 Å². The highest BCUT2D eigenvalue weighted by atomic mass is 32.2. The van der Waals surface area contributed by atoms with E-state index in [1.807, 2.05) is 0 Å². The number of sulfone groups is 1. The van der Waals surface area contributed by atoms with E-state index in [-0.39, 0.29) is 11.3 Å². The minimum atomic E-state index is -3.02. The van der Waals surface area contributed by atoms with E-state index in [1.165, 1.54) is 0 Å². The summed E-state index contributed by atoms with van der Waals surface area (Å²) in [7, 11) is -3.02. The van der Waals surface area contributed by atoms with Gasteiger partial charge in [-0.15, -0.1) is 0 Å². The molecule has 0 bridgehead atoms. The van der Waals surface area contributed by atoms with Crippen LogP contribution in [0.15, 0.2) is 0 Å². The molecule has 1 N–H and O–H groups in total. The van der Waals surface area contributed by atoms with Gasteiger partial charge in [-0.25, -0.2) is 8.42 Å². The van der Waals surface area contributed by atoms with Crippen LogP contribution in [0.3, 0.4) is 0 Å². The monoisotopic (exact) mass is 276 g/mol. The molecule has 0 amide bonds. The molecule has 0 aromatic heterocycles. The van der Waals surface area contributed by atoms with Gasteiger partial charge in [-0.1, -0.05) is 0 Å². The van der Waals surface area contributed by atoms with Gasteiger partial charge < -0.3 is 5.32 Å². The number of nitrogens with one attached hydrogen (secondary N) is 1. The van der Waals surface area contributed by atoms with E-state index in [2.05, 4.69) is 31.0 Å². The summed E-state index contributed by atoms with van der Waals surface area (Å²) in [5, 5.41) is 3.47. The van der Waals surface area contributed by atoms with Gasteiger partial charge in [0.05, 0.1) is 10.5 Å². The van der Waals surface area contributed by atoms with Crippen LogP contribution < -0.4 is 5.32 Å². The highest BCUT2D eigenvalue weighted by molar-refractivity contribution is 7.92. The van der Waals surface area contributed by atoms with Crippen LogP contribution in [0.4, 0.5) is 0 Å². The molecule has 1 fully saturated rings. The van der Waals surface area contributed by atoms with Crippen molar-refractivity contribution in [2.24, 2.45) is 0 Å². The number of piperazine rings is 1. The van der Waals surface area contributed by atoms with Crippen molar-refractivity contribution in [3.05, 3.63) is 0 Å². The Morgan fingerprint density at radius 2 is 1.89 bits per heavy atom. The average Bonchev–Trinajstić information content (AvgIpc) is 2.18. The van der Waals surface area contributed by atoms with Crippen LogP contribution in [0.5, 0.6) is 0 Å². The van der Waals surface area contributed by atoms with Crippen LogP contribution in [-0.2, 0) is 9.84 Å². The standard InChI is InChI=1S/C13H28N2O2S/c1-11-9-14-13(5,6)10-15(11)7-8-18(16,17)12(2,3)4/h11,14H,7-10H2,1-6H3. The van der Waals surface area contributed by atoms with E-state index in [0.29, 0.717) is 12.6 Å². The third kappa shape index (κ3) is 3.93. The second-order valence-corrected chi connectivity index (χ2v) is 9.88. The zero-order valence-corrected chi connectivity index (χ0v) is 13.4.